The van der Waals surface area contributed by atoms with Crippen molar-refractivity contribution in [2.75, 3.05) is 5.32 Å². The molecule has 1 amide bonds. The van der Waals surface area contributed by atoms with E-state index < -0.39 is 5.25 Å². The van der Waals surface area contributed by atoms with Crippen LogP contribution in [0.15, 0.2) is 41.7 Å². The van der Waals surface area contributed by atoms with Crippen LogP contribution in [-0.4, -0.2) is 25.8 Å². The van der Waals surface area contributed by atoms with Crippen molar-refractivity contribution in [3.63, 3.8) is 0 Å². The van der Waals surface area contributed by atoms with Gasteiger partial charge in [-0.05, 0) is 25.1 Å². The Labute approximate surface area is 157 Å². The lowest BCUT2D eigenvalue weighted by Gasteiger charge is -2.12. The second-order valence-electron chi connectivity index (χ2n) is 5.09. The third kappa shape index (κ3) is 3.71. The Morgan fingerprint density at radius 1 is 1.36 bits per heavy atom. The van der Waals surface area contributed by atoms with E-state index in [9.17, 15) is 4.79 Å². The van der Waals surface area contributed by atoms with Gasteiger partial charge in [-0.2, -0.15) is 5.26 Å². The van der Waals surface area contributed by atoms with Gasteiger partial charge in [0.25, 0.3) is 0 Å². The first-order valence-electron chi connectivity index (χ1n) is 7.16. The van der Waals surface area contributed by atoms with Crippen molar-refractivity contribution >= 4 is 52.2 Å². The lowest BCUT2D eigenvalue weighted by molar-refractivity contribution is -0.115. The molecule has 0 aliphatic carbocycles. The Bertz CT molecular complexity index is 998. The molecule has 0 aliphatic rings. The molecule has 0 saturated heterocycles. The number of anilines is 1. The van der Waals surface area contributed by atoms with E-state index in [4.69, 9.17) is 28.5 Å². The average molecular weight is 392 g/mol. The zero-order valence-corrected chi connectivity index (χ0v) is 15.2. The van der Waals surface area contributed by atoms with Gasteiger partial charge in [-0.1, -0.05) is 47.1 Å². The number of para-hydroxylation sites is 1. The minimum atomic E-state index is -0.475. The Kier molecular flexibility index (Phi) is 5.13. The Hall–Kier alpha value is -2.27. The molecule has 1 aromatic carbocycles. The molecule has 25 heavy (non-hydrogen) atoms. The zero-order chi connectivity index (χ0) is 18.0. The number of pyridine rings is 1. The summed E-state index contributed by atoms with van der Waals surface area (Å²) in [7, 11) is 0. The number of rotatable bonds is 4. The summed E-state index contributed by atoms with van der Waals surface area (Å²) in [6, 6.07) is 10.4. The summed E-state index contributed by atoms with van der Waals surface area (Å²) in [6.45, 7) is 1.74. The molecule has 2 heterocycles. The molecule has 0 bridgehead atoms. The van der Waals surface area contributed by atoms with Crippen LogP contribution in [-0.2, 0) is 4.79 Å². The van der Waals surface area contributed by atoms with Gasteiger partial charge in [0.05, 0.1) is 26.5 Å². The molecule has 126 valence electrons. The lowest BCUT2D eigenvalue weighted by atomic mass is 10.2. The second kappa shape index (κ2) is 7.31. The average Bonchev–Trinajstić information content (AvgIpc) is 2.98. The standard InChI is InChI=1S/C16H11Cl2N5OS/c1-9(15(24)20-13-5-3-2-4-10(13)7-19)25-16-22-21-14-12(18)6-11(17)8-23(14)16/h2-6,8-9H,1H3,(H,20,24). The minimum absolute atomic E-state index is 0.252. The molecule has 0 aliphatic heterocycles. The number of halogens is 2. The highest BCUT2D eigenvalue weighted by Crippen LogP contribution is 2.28. The monoisotopic (exact) mass is 391 g/mol. The summed E-state index contributed by atoms with van der Waals surface area (Å²) >= 11 is 13.3. The number of thioether (sulfide) groups is 1. The van der Waals surface area contributed by atoms with Crippen molar-refractivity contribution in [3.05, 3.63) is 52.1 Å². The molecule has 1 unspecified atom stereocenters. The molecule has 3 aromatic rings. The summed E-state index contributed by atoms with van der Waals surface area (Å²) in [5.74, 6) is -0.252. The highest BCUT2D eigenvalue weighted by Gasteiger charge is 2.20. The molecule has 1 N–H and O–H groups in total. The first kappa shape index (κ1) is 17.5. The van der Waals surface area contributed by atoms with E-state index in [1.54, 1.807) is 47.9 Å². The number of nitrogens with one attached hydrogen (secondary N) is 1. The van der Waals surface area contributed by atoms with Gasteiger partial charge in [0, 0.05) is 6.20 Å². The number of benzene rings is 1. The zero-order valence-electron chi connectivity index (χ0n) is 12.9. The summed E-state index contributed by atoms with van der Waals surface area (Å²) in [4.78, 5) is 12.4. The van der Waals surface area contributed by atoms with Gasteiger partial charge in [0.2, 0.25) is 5.91 Å². The molecular formula is C16H11Cl2N5OS. The molecule has 3 rings (SSSR count). The smallest absolute Gasteiger partial charge is 0.237 e. The Morgan fingerprint density at radius 2 is 2.12 bits per heavy atom. The fraction of sp³-hybridized carbons (Fsp3) is 0.125. The number of hydrogen-bond acceptors (Lipinski definition) is 5. The third-order valence-corrected chi connectivity index (χ3v) is 4.89. The van der Waals surface area contributed by atoms with Crippen LogP contribution in [0, 0.1) is 11.3 Å². The molecule has 6 nitrogen and oxygen atoms in total. The highest BCUT2D eigenvalue weighted by molar-refractivity contribution is 8.00. The number of carbonyl (C=O) groups excluding carboxylic acids is 1. The first-order chi connectivity index (χ1) is 12.0. The fourth-order valence-electron chi connectivity index (χ4n) is 2.12. The predicted octanol–water partition coefficient (Wildman–Crippen LogP) is 4.03. The van der Waals surface area contributed by atoms with E-state index in [1.807, 2.05) is 6.07 Å². The number of amides is 1. The predicted molar refractivity (Wildman–Crippen MR) is 98.1 cm³/mol. The summed E-state index contributed by atoms with van der Waals surface area (Å²) in [5.41, 5.74) is 1.34. The van der Waals surface area contributed by atoms with Gasteiger partial charge in [-0.25, -0.2) is 0 Å². The van der Waals surface area contributed by atoms with Gasteiger partial charge in [0.15, 0.2) is 10.8 Å². The van der Waals surface area contributed by atoms with Gasteiger partial charge in [0.1, 0.15) is 6.07 Å². The van der Waals surface area contributed by atoms with Crippen molar-refractivity contribution in [2.24, 2.45) is 0 Å². The number of fused-ring (bicyclic) bond motifs is 1. The van der Waals surface area contributed by atoms with Crippen LogP contribution in [0.1, 0.15) is 12.5 Å². The maximum atomic E-state index is 12.4. The first-order valence-corrected chi connectivity index (χ1v) is 8.79. The normalized spacial score (nSPS) is 11.9. The second-order valence-corrected chi connectivity index (χ2v) is 7.24. The van der Waals surface area contributed by atoms with E-state index >= 15 is 0 Å². The van der Waals surface area contributed by atoms with Gasteiger partial charge < -0.3 is 5.32 Å². The quantitative estimate of drug-likeness (QED) is 0.678. The largest absolute Gasteiger partial charge is 0.324 e. The van der Waals surface area contributed by atoms with Crippen molar-refractivity contribution in [2.45, 2.75) is 17.3 Å². The van der Waals surface area contributed by atoms with E-state index in [0.29, 0.717) is 32.1 Å². The Balaban J connectivity index is 1.79. The van der Waals surface area contributed by atoms with Crippen LogP contribution in [0.25, 0.3) is 5.65 Å². The lowest BCUT2D eigenvalue weighted by Crippen LogP contribution is -2.23. The van der Waals surface area contributed by atoms with Crippen molar-refractivity contribution in [1.29, 1.82) is 5.26 Å². The fourth-order valence-corrected chi connectivity index (χ4v) is 3.45. The molecule has 2 aromatic heterocycles. The molecular weight excluding hydrogens is 381 g/mol. The van der Waals surface area contributed by atoms with Crippen molar-refractivity contribution in [1.82, 2.24) is 14.6 Å². The number of nitrogens with zero attached hydrogens (tertiary/aromatic N) is 4. The highest BCUT2D eigenvalue weighted by atomic mass is 35.5. The van der Waals surface area contributed by atoms with Crippen molar-refractivity contribution in [3.8, 4) is 6.07 Å². The maximum absolute atomic E-state index is 12.4. The molecule has 0 radical (unpaired) electrons. The SMILES string of the molecule is CC(Sc1nnc2c(Cl)cc(Cl)cn12)C(=O)Nc1ccccc1C#N. The molecule has 0 fully saturated rings. The molecule has 9 heteroatoms. The van der Waals surface area contributed by atoms with E-state index in [1.165, 1.54) is 11.8 Å². The van der Waals surface area contributed by atoms with Crippen LogP contribution in [0.5, 0.6) is 0 Å². The topological polar surface area (TPSA) is 83.1 Å². The molecule has 1 atom stereocenters. The number of hydrogen-bond donors (Lipinski definition) is 1. The van der Waals surface area contributed by atoms with Crippen molar-refractivity contribution < 1.29 is 4.79 Å². The van der Waals surface area contributed by atoms with Crippen LogP contribution >= 0.6 is 35.0 Å². The third-order valence-electron chi connectivity index (χ3n) is 3.35. The van der Waals surface area contributed by atoms with E-state index in [0.717, 1.165) is 0 Å². The number of aromatic nitrogens is 3. The Morgan fingerprint density at radius 3 is 2.88 bits per heavy atom. The van der Waals surface area contributed by atoms with Crippen LogP contribution in [0.3, 0.4) is 0 Å². The summed E-state index contributed by atoms with van der Waals surface area (Å²) < 4.78 is 1.64. The van der Waals surface area contributed by atoms with Gasteiger partial charge >= 0.3 is 0 Å². The molecule has 0 saturated carbocycles. The van der Waals surface area contributed by atoms with E-state index in [2.05, 4.69) is 15.5 Å². The van der Waals surface area contributed by atoms with Crippen LogP contribution in [0.2, 0.25) is 10.0 Å². The number of nitriles is 1. The molecule has 0 spiro atoms. The van der Waals surface area contributed by atoms with E-state index in [-0.39, 0.29) is 5.91 Å². The van der Waals surface area contributed by atoms with Gasteiger partial charge in [-0.3, -0.25) is 9.20 Å². The maximum Gasteiger partial charge on any atom is 0.237 e. The van der Waals surface area contributed by atoms with Crippen LogP contribution < -0.4 is 5.32 Å². The van der Waals surface area contributed by atoms with Crippen LogP contribution in [0.4, 0.5) is 5.69 Å². The minimum Gasteiger partial charge on any atom is -0.324 e. The summed E-state index contributed by atoms with van der Waals surface area (Å²) in [5, 5.41) is 20.8. The number of carbonyl (C=O) groups is 1. The van der Waals surface area contributed by atoms with Gasteiger partial charge in [-0.15, -0.1) is 10.2 Å². The summed E-state index contributed by atoms with van der Waals surface area (Å²) in [6.07, 6.45) is 1.64.